The van der Waals surface area contributed by atoms with Crippen molar-refractivity contribution in [1.82, 2.24) is 10.4 Å². The fourth-order valence-electron chi connectivity index (χ4n) is 2.57. The Morgan fingerprint density at radius 1 is 1.33 bits per heavy atom. The van der Waals surface area contributed by atoms with Gasteiger partial charge in [0, 0.05) is 27.0 Å². The highest BCUT2D eigenvalue weighted by molar-refractivity contribution is 9.10. The Balaban J connectivity index is 1.68. The third kappa shape index (κ3) is 3.25. The zero-order chi connectivity index (χ0) is 16.5. The van der Waals surface area contributed by atoms with Gasteiger partial charge in [-0.1, -0.05) is 15.9 Å². The lowest BCUT2D eigenvalue weighted by molar-refractivity contribution is 0.0956. The molecule has 1 fully saturated rings. The van der Waals surface area contributed by atoms with Gasteiger partial charge < -0.3 is 0 Å². The number of nitrogens with zero attached hydrogens (tertiary/aromatic N) is 2. The summed E-state index contributed by atoms with van der Waals surface area (Å²) in [6, 6.07) is 9.67. The molecule has 1 aliphatic rings. The third-order valence-corrected chi connectivity index (χ3v) is 5.15. The molecule has 24 heavy (non-hydrogen) atoms. The second-order valence-corrected chi connectivity index (χ2v) is 7.48. The maximum absolute atomic E-state index is 12.6. The minimum absolute atomic E-state index is 0.214. The topological polar surface area (TPSA) is 54.4 Å². The molecule has 4 rings (SSSR count). The summed E-state index contributed by atoms with van der Waals surface area (Å²) in [4.78, 5) is 17.3. The first-order valence-electron chi connectivity index (χ1n) is 7.66. The highest BCUT2D eigenvalue weighted by Crippen LogP contribution is 2.40. The van der Waals surface area contributed by atoms with Crippen LogP contribution in [0, 0.1) is 0 Å². The second-order valence-electron chi connectivity index (χ2n) is 5.79. The van der Waals surface area contributed by atoms with Gasteiger partial charge in [-0.25, -0.2) is 5.43 Å². The molecule has 1 N–H and O–H groups in total. The van der Waals surface area contributed by atoms with Crippen molar-refractivity contribution in [3.8, 4) is 0 Å². The number of carbonyl (C=O) groups excluding carboxylic acids is 1. The number of benzene rings is 1. The summed E-state index contributed by atoms with van der Waals surface area (Å²) in [5, 5.41) is 8.83. The van der Waals surface area contributed by atoms with E-state index in [1.807, 2.05) is 41.1 Å². The maximum Gasteiger partial charge on any atom is 0.272 e. The molecule has 3 aromatic rings. The summed E-state index contributed by atoms with van der Waals surface area (Å²) < 4.78 is 0.923. The molecule has 0 aliphatic heterocycles. The Hall–Kier alpha value is -2.05. The quantitative estimate of drug-likeness (QED) is 0.510. The van der Waals surface area contributed by atoms with Gasteiger partial charge in [0.2, 0.25) is 0 Å². The molecule has 6 heteroatoms. The first-order chi connectivity index (χ1) is 11.7. The molecule has 0 bridgehead atoms. The van der Waals surface area contributed by atoms with E-state index in [1.165, 1.54) is 0 Å². The minimum atomic E-state index is -0.214. The first-order valence-corrected chi connectivity index (χ1v) is 9.40. The lowest BCUT2D eigenvalue weighted by Gasteiger charge is -2.08. The lowest BCUT2D eigenvalue weighted by Crippen LogP contribution is -2.18. The molecule has 120 valence electrons. The van der Waals surface area contributed by atoms with Crippen LogP contribution in [-0.4, -0.2) is 17.1 Å². The average Bonchev–Trinajstić information content (AvgIpc) is 3.31. The normalized spacial score (nSPS) is 14.4. The van der Waals surface area contributed by atoms with Crippen molar-refractivity contribution in [2.75, 3.05) is 0 Å². The van der Waals surface area contributed by atoms with Gasteiger partial charge >= 0.3 is 0 Å². The van der Waals surface area contributed by atoms with Gasteiger partial charge in [-0.15, -0.1) is 0 Å². The van der Waals surface area contributed by atoms with Gasteiger partial charge in [-0.2, -0.15) is 16.4 Å². The zero-order valence-corrected chi connectivity index (χ0v) is 15.1. The van der Waals surface area contributed by atoms with Crippen molar-refractivity contribution in [1.29, 1.82) is 0 Å². The summed E-state index contributed by atoms with van der Waals surface area (Å²) in [7, 11) is 0. The van der Waals surface area contributed by atoms with Gasteiger partial charge in [-0.05, 0) is 53.9 Å². The molecule has 0 radical (unpaired) electrons. The van der Waals surface area contributed by atoms with Crippen LogP contribution < -0.4 is 5.43 Å². The average molecular weight is 400 g/mol. The number of nitrogens with one attached hydrogen (secondary N) is 1. The fourth-order valence-corrected chi connectivity index (χ4v) is 3.54. The number of aromatic nitrogens is 1. The van der Waals surface area contributed by atoms with Crippen LogP contribution in [0.25, 0.3) is 10.9 Å². The highest BCUT2D eigenvalue weighted by Gasteiger charge is 2.27. The molecule has 1 amide bonds. The number of amides is 1. The van der Waals surface area contributed by atoms with E-state index in [9.17, 15) is 4.79 Å². The van der Waals surface area contributed by atoms with Gasteiger partial charge in [0.05, 0.1) is 17.3 Å². The number of rotatable bonds is 4. The molecule has 0 unspecified atom stereocenters. The van der Waals surface area contributed by atoms with Crippen LogP contribution in [-0.2, 0) is 0 Å². The van der Waals surface area contributed by atoms with Crippen molar-refractivity contribution < 1.29 is 4.79 Å². The van der Waals surface area contributed by atoms with Crippen molar-refractivity contribution in [3.63, 3.8) is 0 Å². The molecule has 1 aromatic carbocycles. The van der Waals surface area contributed by atoms with Crippen LogP contribution in [0.2, 0.25) is 0 Å². The molecule has 1 saturated carbocycles. The number of hydrazone groups is 1. The molecule has 4 nitrogen and oxygen atoms in total. The predicted octanol–water partition coefficient (Wildman–Crippen LogP) is 4.70. The fraction of sp³-hybridized carbons (Fsp3) is 0.167. The number of hydrogen-bond acceptors (Lipinski definition) is 4. The highest BCUT2D eigenvalue weighted by atomic mass is 79.9. The van der Waals surface area contributed by atoms with E-state index in [2.05, 4.69) is 26.5 Å². The second kappa shape index (κ2) is 6.45. The van der Waals surface area contributed by atoms with Crippen molar-refractivity contribution in [3.05, 3.63) is 62.4 Å². The first kappa shape index (κ1) is 15.5. The SMILES string of the molecule is O=C(NN=Cc1ccsc1)c1cc(C2CC2)nc2ccc(Br)cc12. The number of pyridine rings is 1. The molecular formula is C18H14BrN3OS. The number of halogens is 1. The van der Waals surface area contributed by atoms with Crippen LogP contribution in [0.4, 0.5) is 0 Å². The Morgan fingerprint density at radius 3 is 2.96 bits per heavy atom. The van der Waals surface area contributed by atoms with Gasteiger partial charge in [0.15, 0.2) is 0 Å². The molecule has 0 saturated heterocycles. The molecular weight excluding hydrogens is 386 g/mol. The van der Waals surface area contributed by atoms with E-state index in [4.69, 9.17) is 4.98 Å². The van der Waals surface area contributed by atoms with Crippen molar-refractivity contribution >= 4 is 50.3 Å². The Morgan fingerprint density at radius 2 is 2.21 bits per heavy atom. The van der Waals surface area contributed by atoms with E-state index in [0.29, 0.717) is 11.5 Å². The summed E-state index contributed by atoms with van der Waals surface area (Å²) in [6.45, 7) is 0. The van der Waals surface area contributed by atoms with Crippen LogP contribution in [0.3, 0.4) is 0 Å². The molecule has 2 aromatic heterocycles. The summed E-state index contributed by atoms with van der Waals surface area (Å²) in [5.74, 6) is 0.271. The lowest BCUT2D eigenvalue weighted by atomic mass is 10.1. The van der Waals surface area contributed by atoms with Gasteiger partial charge in [0.1, 0.15) is 0 Å². The third-order valence-electron chi connectivity index (χ3n) is 3.95. The smallest absolute Gasteiger partial charge is 0.267 e. The van der Waals surface area contributed by atoms with Gasteiger partial charge in [-0.3, -0.25) is 9.78 Å². The number of hydrogen-bond donors (Lipinski definition) is 1. The van der Waals surface area contributed by atoms with E-state index in [0.717, 1.165) is 39.5 Å². The summed E-state index contributed by atoms with van der Waals surface area (Å²) in [5.41, 5.74) is 6.06. The Kier molecular flexibility index (Phi) is 4.16. The summed E-state index contributed by atoms with van der Waals surface area (Å²) >= 11 is 5.06. The van der Waals surface area contributed by atoms with Crippen LogP contribution in [0.1, 0.15) is 40.4 Å². The maximum atomic E-state index is 12.6. The van der Waals surface area contributed by atoms with Crippen LogP contribution in [0.5, 0.6) is 0 Å². The largest absolute Gasteiger partial charge is 0.272 e. The number of thiophene rings is 1. The van der Waals surface area contributed by atoms with E-state index in [-0.39, 0.29) is 5.91 Å². The molecule has 0 atom stereocenters. The molecule has 2 heterocycles. The minimum Gasteiger partial charge on any atom is -0.267 e. The Bertz CT molecular complexity index is 933. The monoisotopic (exact) mass is 399 g/mol. The molecule has 0 spiro atoms. The van der Waals surface area contributed by atoms with E-state index in [1.54, 1.807) is 17.6 Å². The van der Waals surface area contributed by atoms with Crippen LogP contribution in [0.15, 0.2) is 50.7 Å². The standard InChI is InChI=1S/C18H14BrN3OS/c19-13-3-4-16-14(7-13)15(8-17(21-16)12-1-2-12)18(23)22-20-9-11-5-6-24-10-11/h3-10,12H,1-2H2,(H,22,23). The number of fused-ring (bicyclic) bond motifs is 1. The van der Waals surface area contributed by atoms with Crippen LogP contribution >= 0.6 is 27.3 Å². The van der Waals surface area contributed by atoms with Crippen molar-refractivity contribution in [2.24, 2.45) is 5.10 Å². The van der Waals surface area contributed by atoms with Gasteiger partial charge in [0.25, 0.3) is 5.91 Å². The van der Waals surface area contributed by atoms with E-state index < -0.39 is 0 Å². The Labute approximate surface area is 151 Å². The van der Waals surface area contributed by atoms with E-state index >= 15 is 0 Å². The zero-order valence-electron chi connectivity index (χ0n) is 12.7. The molecule has 1 aliphatic carbocycles. The number of carbonyl (C=O) groups is 1. The summed E-state index contributed by atoms with van der Waals surface area (Å²) in [6.07, 6.45) is 3.94. The van der Waals surface area contributed by atoms with Crippen molar-refractivity contribution in [2.45, 2.75) is 18.8 Å². The predicted molar refractivity (Wildman–Crippen MR) is 101 cm³/mol.